The van der Waals surface area contributed by atoms with Gasteiger partial charge in [-0.2, -0.15) is 0 Å². The second-order valence-electron chi connectivity index (χ2n) is 7.67. The van der Waals surface area contributed by atoms with Crippen molar-refractivity contribution in [3.63, 3.8) is 0 Å². The molecular formula is C25H27NO8. The summed E-state index contributed by atoms with van der Waals surface area (Å²) >= 11 is 0. The van der Waals surface area contributed by atoms with Crippen LogP contribution in [-0.2, 0) is 9.53 Å². The van der Waals surface area contributed by atoms with Gasteiger partial charge in [0.05, 0.1) is 47.5 Å². The van der Waals surface area contributed by atoms with Gasteiger partial charge in [0.1, 0.15) is 0 Å². The number of aliphatic hydroxyl groups is 1. The van der Waals surface area contributed by atoms with Crippen molar-refractivity contribution in [1.29, 1.82) is 0 Å². The normalized spacial score (nSPS) is 18.3. The fourth-order valence-electron chi connectivity index (χ4n) is 4.41. The van der Waals surface area contributed by atoms with Crippen LogP contribution in [0.25, 0.3) is 6.08 Å². The summed E-state index contributed by atoms with van der Waals surface area (Å²) in [6.07, 6.45) is 3.49. The van der Waals surface area contributed by atoms with Crippen LogP contribution in [0.3, 0.4) is 0 Å². The molecule has 1 N–H and O–H groups in total. The van der Waals surface area contributed by atoms with Crippen molar-refractivity contribution in [3.05, 3.63) is 46.5 Å². The molecule has 1 aliphatic carbocycles. The number of rotatable bonds is 8. The number of esters is 1. The molecule has 0 unspecified atom stereocenters. The van der Waals surface area contributed by atoms with E-state index >= 15 is 0 Å². The molecule has 2 atom stereocenters. The van der Waals surface area contributed by atoms with Gasteiger partial charge in [-0.1, -0.05) is 0 Å². The van der Waals surface area contributed by atoms with Gasteiger partial charge in [0, 0.05) is 12.1 Å². The van der Waals surface area contributed by atoms with E-state index in [9.17, 15) is 9.90 Å². The highest BCUT2D eigenvalue weighted by molar-refractivity contribution is 5.97. The van der Waals surface area contributed by atoms with E-state index in [-0.39, 0.29) is 19.9 Å². The van der Waals surface area contributed by atoms with E-state index in [1.165, 1.54) is 14.2 Å². The van der Waals surface area contributed by atoms with Crippen LogP contribution >= 0.6 is 0 Å². The number of hydrogen-bond donors (Lipinski definition) is 1. The maximum atomic E-state index is 13.2. The van der Waals surface area contributed by atoms with E-state index in [1.54, 1.807) is 20.4 Å². The number of fused-ring (bicyclic) bond motifs is 2. The third kappa shape index (κ3) is 4.14. The van der Waals surface area contributed by atoms with Crippen molar-refractivity contribution in [2.75, 3.05) is 48.4 Å². The maximum absolute atomic E-state index is 13.2. The van der Waals surface area contributed by atoms with Crippen molar-refractivity contribution >= 4 is 18.3 Å². The van der Waals surface area contributed by atoms with Crippen molar-refractivity contribution in [2.24, 2.45) is 10.9 Å². The summed E-state index contributed by atoms with van der Waals surface area (Å²) in [5.41, 5.74) is 3.11. The lowest BCUT2D eigenvalue weighted by Gasteiger charge is -2.32. The lowest BCUT2D eigenvalue weighted by atomic mass is 9.71. The van der Waals surface area contributed by atoms with Crippen molar-refractivity contribution in [3.8, 4) is 28.7 Å². The number of benzene rings is 2. The van der Waals surface area contributed by atoms with E-state index in [1.807, 2.05) is 30.3 Å². The highest BCUT2D eigenvalue weighted by Gasteiger charge is 2.40. The molecule has 1 heterocycles. The number of hydrogen-bond acceptors (Lipinski definition) is 9. The molecule has 2 aliphatic rings. The number of carbonyl (C=O) groups excluding carboxylic acids is 1. The summed E-state index contributed by atoms with van der Waals surface area (Å²) in [4.78, 5) is 17.4. The Morgan fingerprint density at radius 1 is 1.06 bits per heavy atom. The van der Waals surface area contributed by atoms with Gasteiger partial charge in [-0.15, -0.1) is 0 Å². The van der Waals surface area contributed by atoms with Gasteiger partial charge in [-0.25, -0.2) is 0 Å². The van der Waals surface area contributed by atoms with Crippen LogP contribution in [0.5, 0.6) is 28.7 Å². The van der Waals surface area contributed by atoms with Crippen LogP contribution in [0.4, 0.5) is 0 Å². The molecule has 9 heteroatoms. The molecule has 0 bridgehead atoms. The monoisotopic (exact) mass is 469 g/mol. The molecule has 9 nitrogen and oxygen atoms in total. The molecule has 0 saturated heterocycles. The second-order valence-corrected chi connectivity index (χ2v) is 7.67. The summed E-state index contributed by atoms with van der Waals surface area (Å²) in [7, 11) is 5.97. The minimum Gasteiger partial charge on any atom is -0.493 e. The van der Waals surface area contributed by atoms with Crippen molar-refractivity contribution in [1.82, 2.24) is 0 Å². The first-order valence-electron chi connectivity index (χ1n) is 10.7. The molecule has 180 valence electrons. The molecule has 34 heavy (non-hydrogen) atoms. The van der Waals surface area contributed by atoms with E-state index < -0.39 is 17.8 Å². The largest absolute Gasteiger partial charge is 0.493 e. The molecule has 0 amide bonds. The molecule has 0 saturated carbocycles. The standard InChI is InChI=1S/C25H27NO8/c1-29-20-9-15(10-21(30-2)24(20)31-3)22-17-11-19-18(33-13-34-19)8-14(17)7-16(12-26-5-6-27)23(22)25(28)32-4/h7-12,22-23,27H,5-6,13H2,1-4H3/t22-,23-/m1/s1. The fourth-order valence-corrected chi connectivity index (χ4v) is 4.41. The average Bonchev–Trinajstić information content (AvgIpc) is 3.32. The summed E-state index contributed by atoms with van der Waals surface area (Å²) in [5.74, 6) is 0.983. The van der Waals surface area contributed by atoms with Gasteiger partial charge in [0.15, 0.2) is 23.0 Å². The predicted molar refractivity (Wildman–Crippen MR) is 124 cm³/mol. The molecule has 1 aliphatic heterocycles. The van der Waals surface area contributed by atoms with Gasteiger partial charge < -0.3 is 33.5 Å². The highest BCUT2D eigenvalue weighted by Crippen LogP contribution is 2.50. The SMILES string of the molecule is COC(=O)[C@@H]1C(C=NCCO)=Cc2cc3c(cc2[C@H]1c1cc(OC)c(OC)c(OC)c1)OCO3. The topological polar surface area (TPSA) is 105 Å². The molecule has 0 fully saturated rings. The van der Waals surface area contributed by atoms with E-state index in [4.69, 9.17) is 28.4 Å². The Labute approximate surface area is 197 Å². The first kappa shape index (κ1) is 23.4. The van der Waals surface area contributed by atoms with Crippen LogP contribution < -0.4 is 23.7 Å². The zero-order valence-corrected chi connectivity index (χ0v) is 19.5. The van der Waals surface area contributed by atoms with Gasteiger partial charge in [0.2, 0.25) is 12.5 Å². The summed E-state index contributed by atoms with van der Waals surface area (Å²) in [6.45, 7) is 0.244. The van der Waals surface area contributed by atoms with E-state index in [0.717, 1.165) is 16.7 Å². The Bertz CT molecular complexity index is 1110. The number of aliphatic imine (C=N–C) groups is 1. The number of methoxy groups -OCH3 is 4. The first-order chi connectivity index (χ1) is 16.6. The van der Waals surface area contributed by atoms with E-state index in [0.29, 0.717) is 34.3 Å². The number of ether oxygens (including phenoxy) is 6. The zero-order chi connectivity index (χ0) is 24.2. The lowest BCUT2D eigenvalue weighted by molar-refractivity contribution is -0.144. The highest BCUT2D eigenvalue weighted by atomic mass is 16.7. The smallest absolute Gasteiger partial charge is 0.314 e. The third-order valence-electron chi connectivity index (χ3n) is 5.90. The first-order valence-corrected chi connectivity index (χ1v) is 10.7. The van der Waals surface area contributed by atoms with Crippen LogP contribution in [0.15, 0.2) is 34.8 Å². The van der Waals surface area contributed by atoms with Gasteiger partial charge in [0.25, 0.3) is 0 Å². The van der Waals surface area contributed by atoms with Crippen LogP contribution in [0, 0.1) is 5.92 Å². The van der Waals surface area contributed by atoms with Gasteiger partial charge in [-0.3, -0.25) is 9.79 Å². The minimum atomic E-state index is -0.719. The Morgan fingerprint density at radius 3 is 2.32 bits per heavy atom. The van der Waals surface area contributed by atoms with Crippen LogP contribution in [-0.4, -0.2) is 65.7 Å². The zero-order valence-electron chi connectivity index (χ0n) is 19.5. The summed E-state index contributed by atoms with van der Waals surface area (Å²) in [6, 6.07) is 7.42. The Kier molecular flexibility index (Phi) is 6.93. The molecule has 0 spiro atoms. The van der Waals surface area contributed by atoms with E-state index in [2.05, 4.69) is 4.99 Å². The Morgan fingerprint density at radius 2 is 1.74 bits per heavy atom. The fraction of sp³-hybridized carbons (Fsp3) is 0.360. The molecule has 2 aromatic carbocycles. The Balaban J connectivity index is 1.97. The quantitative estimate of drug-likeness (QED) is 0.465. The molecular weight excluding hydrogens is 442 g/mol. The van der Waals surface area contributed by atoms with Crippen LogP contribution in [0.1, 0.15) is 22.6 Å². The van der Waals surface area contributed by atoms with Crippen molar-refractivity contribution < 1.29 is 38.3 Å². The average molecular weight is 469 g/mol. The molecule has 0 aromatic heterocycles. The summed E-state index contributed by atoms with van der Waals surface area (Å²) < 4.78 is 33.0. The number of carbonyl (C=O) groups is 1. The predicted octanol–water partition coefficient (Wildman–Crippen LogP) is 2.82. The van der Waals surface area contributed by atoms with Crippen molar-refractivity contribution in [2.45, 2.75) is 5.92 Å². The lowest BCUT2D eigenvalue weighted by Crippen LogP contribution is -2.30. The Hall–Kier alpha value is -3.72. The minimum absolute atomic E-state index is 0.0990. The molecule has 2 aromatic rings. The second kappa shape index (κ2) is 10.0. The van der Waals surface area contributed by atoms with Gasteiger partial charge >= 0.3 is 5.97 Å². The molecule has 0 radical (unpaired) electrons. The van der Waals surface area contributed by atoms with Gasteiger partial charge in [-0.05, 0) is 52.6 Å². The third-order valence-corrected chi connectivity index (χ3v) is 5.90. The number of nitrogens with zero attached hydrogens (tertiary/aromatic N) is 1. The summed E-state index contributed by atoms with van der Waals surface area (Å²) in [5, 5.41) is 9.18. The number of aliphatic hydroxyl groups excluding tert-OH is 1. The maximum Gasteiger partial charge on any atom is 0.314 e. The van der Waals surface area contributed by atoms with Crippen LogP contribution in [0.2, 0.25) is 0 Å². The molecule has 4 rings (SSSR count).